The van der Waals surface area contributed by atoms with Crippen LogP contribution in [0.5, 0.6) is 0 Å². The fourth-order valence-electron chi connectivity index (χ4n) is 7.79. The lowest BCUT2D eigenvalue weighted by Gasteiger charge is -2.15. The number of fused-ring (bicyclic) bond motifs is 10. The van der Waals surface area contributed by atoms with Crippen molar-refractivity contribution in [2.24, 2.45) is 0 Å². The standard InChI is InChI=1S/C46H25N5O2/c47-26-29-25-34(46-49-44(27-13-3-1-4-14-27)48-45(50-46)28-15-5-2-6-16-28)43-40(33-19-9-12-22-37(33)53-43)41(29)51-35-20-10-7-17-30(35)31-23-24-38-39(42(31)51)32-18-8-11-21-36(32)52-38/h1-25H. The molecule has 0 aliphatic heterocycles. The van der Waals surface area contributed by atoms with Gasteiger partial charge in [0.1, 0.15) is 28.4 Å². The number of hydrogen-bond donors (Lipinski definition) is 0. The summed E-state index contributed by atoms with van der Waals surface area (Å²) in [5.74, 6) is 1.46. The highest BCUT2D eigenvalue weighted by Gasteiger charge is 2.27. The van der Waals surface area contributed by atoms with E-state index in [1.165, 1.54) is 0 Å². The molecule has 11 aromatic rings. The highest BCUT2D eigenvalue weighted by atomic mass is 16.3. The van der Waals surface area contributed by atoms with Crippen LogP contribution in [0.1, 0.15) is 5.56 Å². The third kappa shape index (κ3) is 4.30. The maximum absolute atomic E-state index is 11.1. The molecule has 11 rings (SSSR count). The Hall–Kier alpha value is -7.56. The number of nitriles is 1. The maximum atomic E-state index is 11.1. The van der Waals surface area contributed by atoms with E-state index in [1.54, 1.807) is 0 Å². The van der Waals surface area contributed by atoms with E-state index in [-0.39, 0.29) is 0 Å². The molecule has 7 nitrogen and oxygen atoms in total. The molecule has 246 valence electrons. The van der Waals surface area contributed by atoms with Gasteiger partial charge in [0.15, 0.2) is 17.5 Å². The Kier molecular flexibility index (Phi) is 6.18. The monoisotopic (exact) mass is 679 g/mol. The van der Waals surface area contributed by atoms with Gasteiger partial charge in [-0.1, -0.05) is 115 Å². The molecular formula is C46H25N5O2. The van der Waals surface area contributed by atoms with Crippen LogP contribution in [-0.4, -0.2) is 19.5 Å². The molecule has 0 spiro atoms. The Morgan fingerprint density at radius 1 is 0.491 bits per heavy atom. The number of furan rings is 2. The second-order valence-electron chi connectivity index (χ2n) is 13.1. The summed E-state index contributed by atoms with van der Waals surface area (Å²) in [5.41, 5.74) is 8.28. The first-order valence-corrected chi connectivity index (χ1v) is 17.3. The topological polar surface area (TPSA) is 93.7 Å². The van der Waals surface area contributed by atoms with E-state index < -0.39 is 0 Å². The van der Waals surface area contributed by atoms with Gasteiger partial charge in [-0.15, -0.1) is 0 Å². The van der Waals surface area contributed by atoms with E-state index in [2.05, 4.69) is 41.0 Å². The van der Waals surface area contributed by atoms with Crippen molar-refractivity contribution in [3.63, 3.8) is 0 Å². The molecule has 0 fully saturated rings. The highest BCUT2D eigenvalue weighted by molar-refractivity contribution is 6.26. The number of rotatable bonds is 4. The summed E-state index contributed by atoms with van der Waals surface area (Å²) in [6, 6.07) is 52.7. The lowest BCUT2D eigenvalue weighted by Crippen LogP contribution is -2.03. The van der Waals surface area contributed by atoms with Crippen molar-refractivity contribution in [1.29, 1.82) is 5.26 Å². The average Bonchev–Trinajstić information content (AvgIpc) is 3.90. The SMILES string of the molecule is N#Cc1cc(-c2nc(-c3ccccc3)nc(-c3ccccc3)n2)c2oc3ccccc3c2c1-n1c2ccccc2c2ccc3oc4ccccc4c3c21. The predicted octanol–water partition coefficient (Wildman–Crippen LogP) is 11.6. The maximum Gasteiger partial charge on any atom is 0.167 e. The molecule has 7 heteroatoms. The molecule has 0 atom stereocenters. The molecular weight excluding hydrogens is 655 g/mol. The fraction of sp³-hybridized carbons (Fsp3) is 0. The summed E-state index contributed by atoms with van der Waals surface area (Å²) < 4.78 is 15.4. The molecule has 0 saturated heterocycles. The van der Waals surface area contributed by atoms with Crippen LogP contribution in [0.25, 0.3) is 106 Å². The van der Waals surface area contributed by atoms with E-state index >= 15 is 0 Å². The third-order valence-corrected chi connectivity index (χ3v) is 10.1. The van der Waals surface area contributed by atoms with Gasteiger partial charge in [-0.05, 0) is 36.4 Å². The molecule has 53 heavy (non-hydrogen) atoms. The zero-order chi connectivity index (χ0) is 35.0. The Balaban J connectivity index is 1.30. The van der Waals surface area contributed by atoms with Crippen LogP contribution in [0.4, 0.5) is 0 Å². The Morgan fingerprint density at radius 3 is 1.74 bits per heavy atom. The number of nitrogens with zero attached hydrogens (tertiary/aromatic N) is 5. The van der Waals surface area contributed by atoms with Crippen molar-refractivity contribution in [3.05, 3.63) is 157 Å². The molecule has 0 aliphatic carbocycles. The first-order chi connectivity index (χ1) is 26.2. The van der Waals surface area contributed by atoms with Crippen LogP contribution in [-0.2, 0) is 0 Å². The van der Waals surface area contributed by atoms with Gasteiger partial charge in [0.25, 0.3) is 0 Å². The number of hydrogen-bond acceptors (Lipinski definition) is 6. The fourth-order valence-corrected chi connectivity index (χ4v) is 7.79. The summed E-state index contributed by atoms with van der Waals surface area (Å²) in [6.07, 6.45) is 0. The number of aromatic nitrogens is 4. The Bertz CT molecular complexity index is 3240. The quantitative estimate of drug-likeness (QED) is 0.184. The molecule has 4 aromatic heterocycles. The van der Waals surface area contributed by atoms with Crippen LogP contribution in [0, 0.1) is 11.3 Å². The van der Waals surface area contributed by atoms with Gasteiger partial charge in [0, 0.05) is 32.7 Å². The van der Waals surface area contributed by atoms with E-state index in [1.807, 2.05) is 121 Å². The number of para-hydroxylation sites is 3. The summed E-state index contributed by atoms with van der Waals surface area (Å²) in [7, 11) is 0. The summed E-state index contributed by atoms with van der Waals surface area (Å²) in [5, 5.41) is 16.9. The van der Waals surface area contributed by atoms with Crippen molar-refractivity contribution in [1.82, 2.24) is 19.5 Å². The minimum atomic E-state index is 0.412. The van der Waals surface area contributed by atoms with Gasteiger partial charge >= 0.3 is 0 Å². The molecule has 4 heterocycles. The minimum Gasteiger partial charge on any atom is -0.456 e. The molecule has 0 radical (unpaired) electrons. The normalized spacial score (nSPS) is 11.8. The van der Waals surface area contributed by atoms with Crippen LogP contribution >= 0.6 is 0 Å². The van der Waals surface area contributed by atoms with E-state index in [4.69, 9.17) is 23.8 Å². The Labute approximate surface area is 301 Å². The summed E-state index contributed by atoms with van der Waals surface area (Å²) >= 11 is 0. The van der Waals surface area contributed by atoms with Gasteiger partial charge < -0.3 is 13.4 Å². The first kappa shape index (κ1) is 29.2. The molecule has 0 amide bonds. The van der Waals surface area contributed by atoms with Crippen molar-refractivity contribution in [3.8, 4) is 45.9 Å². The van der Waals surface area contributed by atoms with Crippen molar-refractivity contribution in [2.75, 3.05) is 0 Å². The van der Waals surface area contributed by atoms with E-state index in [0.717, 1.165) is 71.3 Å². The lowest BCUT2D eigenvalue weighted by molar-refractivity contribution is 0.669. The van der Waals surface area contributed by atoms with Crippen LogP contribution in [0.3, 0.4) is 0 Å². The first-order valence-electron chi connectivity index (χ1n) is 17.3. The van der Waals surface area contributed by atoms with E-state index in [9.17, 15) is 5.26 Å². The van der Waals surface area contributed by atoms with Gasteiger partial charge in [0.2, 0.25) is 0 Å². The van der Waals surface area contributed by atoms with E-state index in [0.29, 0.717) is 39.8 Å². The average molecular weight is 680 g/mol. The third-order valence-electron chi connectivity index (χ3n) is 10.1. The molecule has 0 saturated carbocycles. The second-order valence-corrected chi connectivity index (χ2v) is 13.1. The van der Waals surface area contributed by atoms with Gasteiger partial charge in [-0.3, -0.25) is 0 Å². The molecule has 7 aromatic carbocycles. The zero-order valence-corrected chi connectivity index (χ0v) is 28.0. The number of benzene rings is 7. The Morgan fingerprint density at radius 2 is 1.06 bits per heavy atom. The summed E-state index contributed by atoms with van der Waals surface area (Å²) in [4.78, 5) is 15.0. The highest BCUT2D eigenvalue weighted by Crippen LogP contribution is 2.46. The minimum absolute atomic E-state index is 0.412. The van der Waals surface area contributed by atoms with Crippen molar-refractivity contribution < 1.29 is 8.83 Å². The smallest absolute Gasteiger partial charge is 0.167 e. The molecule has 0 aliphatic rings. The van der Waals surface area contributed by atoms with Crippen LogP contribution < -0.4 is 0 Å². The van der Waals surface area contributed by atoms with Gasteiger partial charge in [-0.2, -0.15) is 5.26 Å². The summed E-state index contributed by atoms with van der Waals surface area (Å²) in [6.45, 7) is 0. The predicted molar refractivity (Wildman–Crippen MR) is 210 cm³/mol. The van der Waals surface area contributed by atoms with Crippen molar-refractivity contribution in [2.45, 2.75) is 0 Å². The molecule has 0 bridgehead atoms. The van der Waals surface area contributed by atoms with Gasteiger partial charge in [0.05, 0.1) is 38.6 Å². The second kappa shape index (κ2) is 11.2. The molecule has 0 N–H and O–H groups in total. The van der Waals surface area contributed by atoms with Crippen LogP contribution in [0.2, 0.25) is 0 Å². The zero-order valence-electron chi connectivity index (χ0n) is 28.0. The van der Waals surface area contributed by atoms with Crippen molar-refractivity contribution >= 4 is 65.7 Å². The lowest BCUT2D eigenvalue weighted by atomic mass is 10.0. The largest absolute Gasteiger partial charge is 0.456 e. The molecule has 0 unspecified atom stereocenters. The van der Waals surface area contributed by atoms with Crippen LogP contribution in [0.15, 0.2) is 160 Å². The van der Waals surface area contributed by atoms with Gasteiger partial charge in [-0.25, -0.2) is 15.0 Å².